The van der Waals surface area contributed by atoms with Crippen LogP contribution in [0.25, 0.3) is 0 Å². The zero-order chi connectivity index (χ0) is 18.4. The van der Waals surface area contributed by atoms with Gasteiger partial charge in [-0.1, -0.05) is 18.2 Å². The van der Waals surface area contributed by atoms with Crippen molar-refractivity contribution in [3.05, 3.63) is 78.0 Å². The number of nitrogens with zero attached hydrogens (tertiary/aromatic N) is 4. The first-order chi connectivity index (χ1) is 12.7. The van der Waals surface area contributed by atoms with E-state index in [1.807, 2.05) is 55.1 Å². The number of aryl methyl sites for hydroxylation is 1. The molecule has 0 radical (unpaired) electrons. The van der Waals surface area contributed by atoms with Crippen molar-refractivity contribution in [3.63, 3.8) is 0 Å². The molecule has 0 spiro atoms. The lowest BCUT2D eigenvalue weighted by molar-refractivity contribution is 0.0945. The van der Waals surface area contributed by atoms with Crippen LogP contribution >= 0.6 is 0 Å². The van der Waals surface area contributed by atoms with Crippen LogP contribution in [-0.4, -0.2) is 27.4 Å². The molecule has 6 nitrogen and oxygen atoms in total. The number of pyridine rings is 1. The molecule has 1 aromatic carbocycles. The fourth-order valence-electron chi connectivity index (χ4n) is 2.66. The van der Waals surface area contributed by atoms with Crippen LogP contribution in [0.15, 0.2) is 61.1 Å². The van der Waals surface area contributed by atoms with Gasteiger partial charge in [-0.2, -0.15) is 0 Å². The Hall–Kier alpha value is -3.28. The molecule has 132 valence electrons. The van der Waals surface area contributed by atoms with Crippen molar-refractivity contribution in [2.75, 3.05) is 11.4 Å². The molecule has 1 N–H and O–H groups in total. The van der Waals surface area contributed by atoms with Crippen LogP contribution in [0.1, 0.15) is 28.7 Å². The average Bonchev–Trinajstić information content (AvgIpc) is 2.68. The van der Waals surface area contributed by atoms with Crippen LogP contribution in [-0.2, 0) is 6.54 Å². The van der Waals surface area contributed by atoms with E-state index in [1.54, 1.807) is 12.3 Å². The SMILES string of the molecule is CCN(c1cccc(C)c1)c1cc(C(=O)NCc2ccccn2)ncn1. The summed E-state index contributed by atoms with van der Waals surface area (Å²) in [7, 11) is 0. The number of hydrogen-bond acceptors (Lipinski definition) is 5. The highest BCUT2D eigenvalue weighted by Crippen LogP contribution is 2.24. The molecule has 0 aliphatic heterocycles. The van der Waals surface area contributed by atoms with E-state index < -0.39 is 0 Å². The Kier molecular flexibility index (Phi) is 5.53. The third-order valence-electron chi connectivity index (χ3n) is 3.95. The zero-order valence-corrected chi connectivity index (χ0v) is 14.9. The normalized spacial score (nSPS) is 10.4. The number of carbonyl (C=O) groups is 1. The average molecular weight is 347 g/mol. The molecule has 0 unspecified atom stereocenters. The summed E-state index contributed by atoms with van der Waals surface area (Å²) in [4.78, 5) is 27.1. The van der Waals surface area contributed by atoms with Gasteiger partial charge in [0.15, 0.2) is 0 Å². The highest BCUT2D eigenvalue weighted by Gasteiger charge is 2.13. The monoisotopic (exact) mass is 347 g/mol. The number of amides is 1. The van der Waals surface area contributed by atoms with Crippen molar-refractivity contribution in [1.82, 2.24) is 20.3 Å². The summed E-state index contributed by atoms with van der Waals surface area (Å²) >= 11 is 0. The molecule has 0 aliphatic carbocycles. The first-order valence-corrected chi connectivity index (χ1v) is 8.51. The molecule has 3 aromatic rings. The number of carbonyl (C=O) groups excluding carboxylic acids is 1. The third-order valence-corrected chi connectivity index (χ3v) is 3.95. The van der Waals surface area contributed by atoms with Crippen LogP contribution in [0.4, 0.5) is 11.5 Å². The molecular formula is C20H21N5O. The topological polar surface area (TPSA) is 71.0 Å². The van der Waals surface area contributed by atoms with Crippen molar-refractivity contribution in [3.8, 4) is 0 Å². The van der Waals surface area contributed by atoms with E-state index in [4.69, 9.17) is 0 Å². The smallest absolute Gasteiger partial charge is 0.270 e. The molecule has 2 aromatic heterocycles. The summed E-state index contributed by atoms with van der Waals surface area (Å²) in [6.07, 6.45) is 3.12. The Morgan fingerprint density at radius 2 is 1.96 bits per heavy atom. The largest absolute Gasteiger partial charge is 0.345 e. The Labute approximate surface area is 153 Å². The fourth-order valence-corrected chi connectivity index (χ4v) is 2.66. The summed E-state index contributed by atoms with van der Waals surface area (Å²) in [6, 6.07) is 15.5. The molecule has 1 amide bonds. The summed E-state index contributed by atoms with van der Waals surface area (Å²) < 4.78 is 0. The van der Waals surface area contributed by atoms with Gasteiger partial charge < -0.3 is 10.2 Å². The summed E-state index contributed by atoms with van der Waals surface area (Å²) in [6.45, 7) is 5.18. The lowest BCUT2D eigenvalue weighted by Gasteiger charge is -2.22. The van der Waals surface area contributed by atoms with Crippen LogP contribution in [0.3, 0.4) is 0 Å². The third kappa shape index (κ3) is 4.22. The van der Waals surface area contributed by atoms with Crippen LogP contribution in [0.5, 0.6) is 0 Å². The van der Waals surface area contributed by atoms with Crippen molar-refractivity contribution in [2.45, 2.75) is 20.4 Å². The van der Waals surface area contributed by atoms with E-state index in [0.717, 1.165) is 17.9 Å². The molecule has 26 heavy (non-hydrogen) atoms. The Balaban J connectivity index is 1.77. The molecular weight excluding hydrogens is 326 g/mol. The molecule has 2 heterocycles. The molecule has 0 bridgehead atoms. The van der Waals surface area contributed by atoms with Crippen molar-refractivity contribution in [1.29, 1.82) is 0 Å². The van der Waals surface area contributed by atoms with Gasteiger partial charge in [-0.3, -0.25) is 9.78 Å². The minimum atomic E-state index is -0.250. The van der Waals surface area contributed by atoms with Crippen LogP contribution in [0.2, 0.25) is 0 Å². The van der Waals surface area contributed by atoms with Crippen molar-refractivity contribution >= 4 is 17.4 Å². The number of anilines is 2. The van der Waals surface area contributed by atoms with Gasteiger partial charge in [0.05, 0.1) is 12.2 Å². The van der Waals surface area contributed by atoms with E-state index in [0.29, 0.717) is 18.1 Å². The minimum Gasteiger partial charge on any atom is -0.345 e. The van der Waals surface area contributed by atoms with Gasteiger partial charge in [-0.25, -0.2) is 9.97 Å². The molecule has 0 atom stereocenters. The quantitative estimate of drug-likeness (QED) is 0.741. The maximum Gasteiger partial charge on any atom is 0.270 e. The first kappa shape index (κ1) is 17.5. The second-order valence-electron chi connectivity index (χ2n) is 5.85. The number of rotatable bonds is 6. The minimum absolute atomic E-state index is 0.250. The number of aromatic nitrogens is 3. The van der Waals surface area contributed by atoms with Gasteiger partial charge in [0, 0.05) is 24.5 Å². The lowest BCUT2D eigenvalue weighted by atomic mass is 10.2. The van der Waals surface area contributed by atoms with Gasteiger partial charge in [0.1, 0.15) is 17.8 Å². The maximum absolute atomic E-state index is 12.4. The predicted octanol–water partition coefficient (Wildman–Crippen LogP) is 3.27. The summed E-state index contributed by atoms with van der Waals surface area (Å²) in [5, 5.41) is 2.84. The summed E-state index contributed by atoms with van der Waals surface area (Å²) in [5.74, 6) is 0.440. The van der Waals surface area contributed by atoms with E-state index in [2.05, 4.69) is 26.3 Å². The van der Waals surface area contributed by atoms with E-state index in [-0.39, 0.29) is 5.91 Å². The predicted molar refractivity (Wildman–Crippen MR) is 101 cm³/mol. The molecule has 3 rings (SSSR count). The zero-order valence-electron chi connectivity index (χ0n) is 14.9. The van der Waals surface area contributed by atoms with Gasteiger partial charge in [-0.15, -0.1) is 0 Å². The van der Waals surface area contributed by atoms with E-state index >= 15 is 0 Å². The van der Waals surface area contributed by atoms with Gasteiger partial charge in [0.2, 0.25) is 0 Å². The fraction of sp³-hybridized carbons (Fsp3) is 0.200. The Morgan fingerprint density at radius 3 is 2.69 bits per heavy atom. The number of hydrogen-bond donors (Lipinski definition) is 1. The van der Waals surface area contributed by atoms with Gasteiger partial charge >= 0.3 is 0 Å². The molecule has 6 heteroatoms. The Bertz CT molecular complexity index is 882. The first-order valence-electron chi connectivity index (χ1n) is 8.51. The molecule has 0 saturated heterocycles. The Morgan fingerprint density at radius 1 is 1.08 bits per heavy atom. The van der Waals surface area contributed by atoms with Crippen LogP contribution in [0, 0.1) is 6.92 Å². The lowest BCUT2D eigenvalue weighted by Crippen LogP contribution is -2.25. The standard InChI is InChI=1S/C20H21N5O/c1-3-25(17-9-6-7-15(2)11-17)19-12-18(23-14-24-19)20(26)22-13-16-8-4-5-10-21-16/h4-12,14H,3,13H2,1-2H3,(H,22,26). The number of benzene rings is 1. The van der Waals surface area contributed by atoms with Crippen molar-refractivity contribution < 1.29 is 4.79 Å². The second-order valence-corrected chi connectivity index (χ2v) is 5.85. The van der Waals surface area contributed by atoms with E-state index in [1.165, 1.54) is 11.9 Å². The van der Waals surface area contributed by atoms with E-state index in [9.17, 15) is 4.79 Å². The highest BCUT2D eigenvalue weighted by atomic mass is 16.1. The van der Waals surface area contributed by atoms with Crippen LogP contribution < -0.4 is 10.2 Å². The van der Waals surface area contributed by atoms with Crippen molar-refractivity contribution in [2.24, 2.45) is 0 Å². The highest BCUT2D eigenvalue weighted by molar-refractivity contribution is 5.93. The summed E-state index contributed by atoms with van der Waals surface area (Å²) in [5.41, 5.74) is 3.33. The number of nitrogens with one attached hydrogen (secondary N) is 1. The molecule has 0 saturated carbocycles. The van der Waals surface area contributed by atoms with Gasteiger partial charge in [-0.05, 0) is 43.7 Å². The second kappa shape index (κ2) is 8.20. The molecule has 0 fully saturated rings. The molecule has 0 aliphatic rings. The van der Waals surface area contributed by atoms with Gasteiger partial charge in [0.25, 0.3) is 5.91 Å². The maximum atomic E-state index is 12.4.